The van der Waals surface area contributed by atoms with Gasteiger partial charge in [0.05, 0.1) is 23.0 Å². The predicted octanol–water partition coefficient (Wildman–Crippen LogP) is 5.91. The molecule has 3 N–H and O–H groups in total. The van der Waals surface area contributed by atoms with E-state index in [0.717, 1.165) is 52.9 Å². The molecule has 2 aromatic carbocycles. The fourth-order valence-electron chi connectivity index (χ4n) is 5.02. The number of benzene rings is 2. The number of allylic oxidation sites excluding steroid dienone is 2. The van der Waals surface area contributed by atoms with Crippen molar-refractivity contribution in [3.8, 4) is 0 Å². The molecule has 192 valence electrons. The summed E-state index contributed by atoms with van der Waals surface area (Å²) in [5.74, 6) is -0.511. The number of nitrogens with one attached hydrogen (secondary N) is 2. The van der Waals surface area contributed by atoms with Crippen LogP contribution in [0.1, 0.15) is 49.1 Å². The lowest BCUT2D eigenvalue weighted by Gasteiger charge is -2.41. The van der Waals surface area contributed by atoms with E-state index in [-0.39, 0.29) is 18.2 Å². The van der Waals surface area contributed by atoms with Gasteiger partial charge in [-0.2, -0.15) is 0 Å². The van der Waals surface area contributed by atoms with Gasteiger partial charge in [-0.05, 0) is 67.2 Å². The van der Waals surface area contributed by atoms with Crippen molar-refractivity contribution in [2.24, 2.45) is 5.92 Å². The minimum absolute atomic E-state index is 0.144. The van der Waals surface area contributed by atoms with Gasteiger partial charge in [-0.1, -0.05) is 53.5 Å². The van der Waals surface area contributed by atoms with Crippen LogP contribution in [0.15, 0.2) is 77.8 Å². The zero-order valence-electron chi connectivity index (χ0n) is 20.3. The van der Waals surface area contributed by atoms with Crippen molar-refractivity contribution >= 4 is 40.8 Å². The smallest absolute Gasteiger partial charge is 0.303 e. The minimum Gasteiger partial charge on any atom is -0.481 e. The SMILES string of the molecule is O=C(O)CCCCC1=C(c2ccc(Cl)cc2)NC2=CCC(C(=O)N3CC(c4ccc(Cl)cc4)C3)C=C2N1. The van der Waals surface area contributed by atoms with Gasteiger partial charge in [0.2, 0.25) is 5.91 Å². The molecule has 2 aromatic rings. The summed E-state index contributed by atoms with van der Waals surface area (Å²) in [6.45, 7) is 1.44. The van der Waals surface area contributed by atoms with E-state index < -0.39 is 5.97 Å². The highest BCUT2D eigenvalue weighted by atomic mass is 35.5. The Morgan fingerprint density at radius 1 is 0.919 bits per heavy atom. The highest BCUT2D eigenvalue weighted by Crippen LogP contribution is 2.34. The second-order valence-corrected chi connectivity index (χ2v) is 10.6. The topological polar surface area (TPSA) is 81.7 Å². The van der Waals surface area contributed by atoms with E-state index in [2.05, 4.69) is 16.7 Å². The monoisotopic (exact) mass is 537 g/mol. The van der Waals surface area contributed by atoms with E-state index in [9.17, 15) is 9.59 Å². The summed E-state index contributed by atoms with van der Waals surface area (Å²) in [4.78, 5) is 26.1. The number of likely N-dealkylation sites (tertiary alicyclic amines) is 1. The molecule has 1 unspecified atom stereocenters. The quantitative estimate of drug-likeness (QED) is 0.364. The lowest BCUT2D eigenvalue weighted by molar-refractivity contribution is -0.138. The number of aliphatic carboxylic acids is 1. The molecule has 1 atom stereocenters. The Kier molecular flexibility index (Phi) is 7.58. The second-order valence-electron chi connectivity index (χ2n) is 9.74. The highest BCUT2D eigenvalue weighted by Gasteiger charge is 2.36. The second kappa shape index (κ2) is 11.0. The molecule has 1 saturated heterocycles. The first-order valence-corrected chi connectivity index (χ1v) is 13.3. The first kappa shape index (κ1) is 25.4. The average molecular weight is 538 g/mol. The van der Waals surface area contributed by atoms with Crippen molar-refractivity contribution in [3.05, 3.63) is 98.9 Å². The molecule has 0 radical (unpaired) electrons. The van der Waals surface area contributed by atoms with E-state index in [1.54, 1.807) is 0 Å². The summed E-state index contributed by atoms with van der Waals surface area (Å²) in [7, 11) is 0. The van der Waals surface area contributed by atoms with E-state index in [1.807, 2.05) is 59.5 Å². The minimum atomic E-state index is -0.785. The number of halogens is 2. The molecule has 5 rings (SSSR count). The Labute approximate surface area is 226 Å². The van der Waals surface area contributed by atoms with Crippen molar-refractivity contribution in [1.29, 1.82) is 0 Å². The molecule has 1 aliphatic carbocycles. The fourth-order valence-corrected chi connectivity index (χ4v) is 5.27. The molecule has 2 aliphatic heterocycles. The summed E-state index contributed by atoms with van der Waals surface area (Å²) in [5, 5.41) is 17.5. The van der Waals surface area contributed by atoms with Crippen LogP contribution in [-0.4, -0.2) is 35.0 Å². The maximum atomic E-state index is 13.3. The molecule has 1 amide bonds. The first-order valence-electron chi connectivity index (χ1n) is 12.6. The van der Waals surface area contributed by atoms with E-state index in [1.165, 1.54) is 5.56 Å². The Bertz CT molecular complexity index is 1280. The number of rotatable bonds is 8. The lowest BCUT2D eigenvalue weighted by Crippen LogP contribution is -2.50. The van der Waals surface area contributed by atoms with Crippen molar-refractivity contribution < 1.29 is 14.7 Å². The number of fused-ring (bicyclic) bond motifs is 1. The lowest BCUT2D eigenvalue weighted by atomic mass is 9.88. The van der Waals surface area contributed by atoms with E-state index >= 15 is 0 Å². The maximum absolute atomic E-state index is 13.3. The normalized spacial score (nSPS) is 19.2. The molecule has 8 heteroatoms. The van der Waals surface area contributed by atoms with E-state index in [0.29, 0.717) is 30.2 Å². The number of nitrogens with zero attached hydrogens (tertiary/aromatic N) is 1. The van der Waals surface area contributed by atoms with Crippen LogP contribution in [0.3, 0.4) is 0 Å². The Morgan fingerprint density at radius 2 is 1.59 bits per heavy atom. The van der Waals surface area contributed by atoms with Crippen LogP contribution in [0.4, 0.5) is 0 Å². The van der Waals surface area contributed by atoms with Gasteiger partial charge in [0.15, 0.2) is 0 Å². The largest absolute Gasteiger partial charge is 0.481 e. The number of amides is 1. The first-order chi connectivity index (χ1) is 17.9. The third-order valence-electron chi connectivity index (χ3n) is 7.13. The van der Waals surface area contributed by atoms with Crippen LogP contribution in [0.2, 0.25) is 10.0 Å². The summed E-state index contributed by atoms with van der Waals surface area (Å²) >= 11 is 12.1. The number of carbonyl (C=O) groups is 2. The third-order valence-corrected chi connectivity index (χ3v) is 7.64. The van der Waals surface area contributed by atoms with Crippen LogP contribution < -0.4 is 10.6 Å². The average Bonchev–Trinajstić information content (AvgIpc) is 2.86. The Hall–Kier alpha value is -3.22. The molecule has 0 aromatic heterocycles. The molecule has 0 bridgehead atoms. The maximum Gasteiger partial charge on any atom is 0.303 e. The van der Waals surface area contributed by atoms with Gasteiger partial charge in [0.1, 0.15) is 0 Å². The number of hydrogen-bond donors (Lipinski definition) is 3. The Balaban J connectivity index is 1.28. The number of carbonyl (C=O) groups excluding carboxylic acids is 1. The van der Waals surface area contributed by atoms with Gasteiger partial charge in [0, 0.05) is 41.2 Å². The molecule has 3 aliphatic rings. The van der Waals surface area contributed by atoms with Crippen molar-refractivity contribution in [2.75, 3.05) is 13.1 Å². The van der Waals surface area contributed by atoms with Crippen molar-refractivity contribution in [3.63, 3.8) is 0 Å². The fraction of sp³-hybridized carbons (Fsp3) is 0.310. The van der Waals surface area contributed by atoms with Crippen LogP contribution in [0.5, 0.6) is 0 Å². The van der Waals surface area contributed by atoms with Crippen LogP contribution in [-0.2, 0) is 9.59 Å². The molecule has 6 nitrogen and oxygen atoms in total. The highest BCUT2D eigenvalue weighted by molar-refractivity contribution is 6.30. The predicted molar refractivity (Wildman–Crippen MR) is 146 cm³/mol. The summed E-state index contributed by atoms with van der Waals surface area (Å²) in [6, 6.07) is 15.5. The zero-order chi connectivity index (χ0) is 25.9. The number of unbranched alkanes of at least 4 members (excludes halogenated alkanes) is 1. The molecule has 0 spiro atoms. The van der Waals surface area contributed by atoms with Crippen LogP contribution in [0.25, 0.3) is 5.70 Å². The number of carboxylic acid groups (broad SMARTS) is 1. The molecule has 0 saturated carbocycles. The Morgan fingerprint density at radius 3 is 2.27 bits per heavy atom. The third kappa shape index (κ3) is 5.86. The molecule has 37 heavy (non-hydrogen) atoms. The summed E-state index contributed by atoms with van der Waals surface area (Å²) in [6.07, 6.45) is 6.92. The van der Waals surface area contributed by atoms with Crippen molar-refractivity contribution in [2.45, 2.75) is 38.0 Å². The van der Waals surface area contributed by atoms with Gasteiger partial charge >= 0.3 is 5.97 Å². The van der Waals surface area contributed by atoms with Gasteiger partial charge in [-0.15, -0.1) is 0 Å². The van der Waals surface area contributed by atoms with Crippen LogP contribution >= 0.6 is 23.2 Å². The summed E-state index contributed by atoms with van der Waals surface area (Å²) in [5.41, 5.74) is 5.99. The standard InChI is InChI=1S/C29H29Cl2N3O3/c30-22-10-5-18(6-11-22)21-16-34(17-21)29(37)20-9-14-24-26(15-20)32-25(3-1-2-4-27(35)36)28(33-24)19-7-12-23(31)13-8-19/h5-8,10-15,20-21,32-33H,1-4,9,16-17H2,(H,35,36). The summed E-state index contributed by atoms with van der Waals surface area (Å²) < 4.78 is 0. The van der Waals surface area contributed by atoms with Gasteiger partial charge in [0.25, 0.3) is 0 Å². The molecule has 2 heterocycles. The van der Waals surface area contributed by atoms with Gasteiger partial charge in [-0.25, -0.2) is 0 Å². The molecular weight excluding hydrogens is 509 g/mol. The van der Waals surface area contributed by atoms with Gasteiger partial charge < -0.3 is 20.6 Å². The van der Waals surface area contributed by atoms with Crippen molar-refractivity contribution in [1.82, 2.24) is 15.5 Å². The molecule has 1 fully saturated rings. The zero-order valence-corrected chi connectivity index (χ0v) is 21.9. The van der Waals surface area contributed by atoms with E-state index in [4.69, 9.17) is 28.3 Å². The van der Waals surface area contributed by atoms with Gasteiger partial charge in [-0.3, -0.25) is 9.59 Å². The number of carboxylic acids is 1. The van der Waals surface area contributed by atoms with Crippen LogP contribution in [0, 0.1) is 5.92 Å². The number of hydrogen-bond acceptors (Lipinski definition) is 4. The molecular formula is C29H29Cl2N3O3.